The molecule has 5 heteroatoms. The lowest BCUT2D eigenvalue weighted by Crippen LogP contribution is -2.39. The highest BCUT2D eigenvalue weighted by Crippen LogP contribution is 2.27. The van der Waals surface area contributed by atoms with Gasteiger partial charge in [-0.2, -0.15) is 5.10 Å². The Morgan fingerprint density at radius 3 is 2.52 bits per heavy atom. The van der Waals surface area contributed by atoms with Gasteiger partial charge in [0.15, 0.2) is 0 Å². The number of aryl methyl sites for hydroxylation is 1. The number of benzene rings is 1. The van der Waals surface area contributed by atoms with Gasteiger partial charge >= 0.3 is 0 Å². The second-order valence-electron chi connectivity index (χ2n) is 7.98. The molecule has 1 amide bonds. The van der Waals surface area contributed by atoms with Crippen LogP contribution in [-0.2, 0) is 5.41 Å². The summed E-state index contributed by atoms with van der Waals surface area (Å²) in [5, 5.41) is 8.09. The maximum atomic E-state index is 13.1. The predicted octanol–water partition coefficient (Wildman–Crippen LogP) is 2.91. The van der Waals surface area contributed by atoms with Gasteiger partial charge in [0.25, 0.3) is 5.91 Å². The summed E-state index contributed by atoms with van der Waals surface area (Å²) in [6, 6.07) is 8.45. The average molecular weight is 340 g/mol. The van der Waals surface area contributed by atoms with Gasteiger partial charge < -0.3 is 10.2 Å². The molecule has 1 aliphatic heterocycles. The number of carbonyl (C=O) groups excluding carboxylic acids is 1. The Hall–Kier alpha value is -2.14. The van der Waals surface area contributed by atoms with Gasteiger partial charge in [0, 0.05) is 31.2 Å². The molecule has 0 bridgehead atoms. The van der Waals surface area contributed by atoms with Gasteiger partial charge in [-0.15, -0.1) is 0 Å². The molecular weight excluding hydrogens is 312 g/mol. The van der Waals surface area contributed by atoms with Gasteiger partial charge in [-0.1, -0.05) is 38.5 Å². The zero-order valence-electron chi connectivity index (χ0n) is 15.8. The van der Waals surface area contributed by atoms with Crippen molar-refractivity contribution in [3.8, 4) is 5.69 Å². The first-order valence-electron chi connectivity index (χ1n) is 8.92. The van der Waals surface area contributed by atoms with E-state index in [-0.39, 0.29) is 17.4 Å². The van der Waals surface area contributed by atoms with Crippen molar-refractivity contribution in [2.45, 2.75) is 45.6 Å². The topological polar surface area (TPSA) is 50.2 Å². The van der Waals surface area contributed by atoms with Crippen LogP contribution < -0.4 is 5.32 Å². The molecule has 1 aromatic heterocycles. The van der Waals surface area contributed by atoms with Crippen molar-refractivity contribution >= 4 is 5.91 Å². The number of nitrogens with zero attached hydrogens (tertiary/aromatic N) is 3. The summed E-state index contributed by atoms with van der Waals surface area (Å²) in [4.78, 5) is 15.0. The molecule has 0 saturated carbocycles. The van der Waals surface area contributed by atoms with Crippen molar-refractivity contribution in [1.29, 1.82) is 0 Å². The van der Waals surface area contributed by atoms with E-state index in [1.807, 2.05) is 35.0 Å². The predicted molar refractivity (Wildman–Crippen MR) is 100 cm³/mol. The molecule has 0 radical (unpaired) electrons. The molecule has 25 heavy (non-hydrogen) atoms. The smallest absolute Gasteiger partial charge is 0.257 e. The molecule has 3 rings (SSSR count). The zero-order valence-corrected chi connectivity index (χ0v) is 15.8. The van der Waals surface area contributed by atoms with Crippen molar-refractivity contribution in [2.75, 3.05) is 20.1 Å². The van der Waals surface area contributed by atoms with E-state index in [1.165, 1.54) is 5.56 Å². The first-order valence-corrected chi connectivity index (χ1v) is 8.92. The highest BCUT2D eigenvalue weighted by atomic mass is 16.2. The van der Waals surface area contributed by atoms with Crippen LogP contribution in [0.1, 0.15) is 48.8 Å². The molecular formula is C20H28N4O. The fraction of sp³-hybridized carbons (Fsp3) is 0.500. The number of carbonyl (C=O) groups is 1. The maximum Gasteiger partial charge on any atom is 0.257 e. The standard InChI is InChI=1S/C20H28N4O/c1-14-6-8-15(9-7-14)24-13-17(18(22-24)20(2,3)4)19(25)23(5)16-10-11-21-12-16/h6-9,13,16,21H,10-12H2,1-5H3. The summed E-state index contributed by atoms with van der Waals surface area (Å²) in [5.41, 5.74) is 3.52. The maximum absolute atomic E-state index is 13.1. The van der Waals surface area contributed by atoms with Crippen LogP contribution in [0.15, 0.2) is 30.5 Å². The summed E-state index contributed by atoms with van der Waals surface area (Å²) in [6.07, 6.45) is 2.88. The second-order valence-corrected chi connectivity index (χ2v) is 7.98. The van der Waals surface area contributed by atoms with Crippen LogP contribution in [0, 0.1) is 6.92 Å². The lowest BCUT2D eigenvalue weighted by Gasteiger charge is -2.25. The van der Waals surface area contributed by atoms with Gasteiger partial charge in [0.05, 0.1) is 16.9 Å². The van der Waals surface area contributed by atoms with Gasteiger partial charge in [-0.3, -0.25) is 4.79 Å². The minimum Gasteiger partial charge on any atom is -0.337 e. The highest BCUT2D eigenvalue weighted by molar-refractivity contribution is 5.95. The van der Waals surface area contributed by atoms with Gasteiger partial charge in [-0.05, 0) is 32.0 Å². The number of hydrogen-bond acceptors (Lipinski definition) is 3. The lowest BCUT2D eigenvalue weighted by molar-refractivity contribution is 0.0741. The third kappa shape index (κ3) is 3.61. The highest BCUT2D eigenvalue weighted by Gasteiger charge is 2.31. The van der Waals surface area contributed by atoms with Crippen molar-refractivity contribution in [2.24, 2.45) is 0 Å². The summed E-state index contributed by atoms with van der Waals surface area (Å²) < 4.78 is 1.83. The van der Waals surface area contributed by atoms with Crippen LogP contribution in [0.25, 0.3) is 5.69 Å². The molecule has 1 N–H and O–H groups in total. The second kappa shape index (κ2) is 6.64. The third-order valence-corrected chi connectivity index (χ3v) is 4.86. The minimum atomic E-state index is -0.199. The molecule has 5 nitrogen and oxygen atoms in total. The summed E-state index contributed by atoms with van der Waals surface area (Å²) in [6.45, 7) is 10.2. The molecule has 1 aromatic carbocycles. The average Bonchev–Trinajstić information content (AvgIpc) is 3.23. The van der Waals surface area contributed by atoms with Crippen molar-refractivity contribution < 1.29 is 4.79 Å². The Labute approximate surface area is 150 Å². The van der Waals surface area contributed by atoms with Crippen LogP contribution in [0.4, 0.5) is 0 Å². The van der Waals surface area contributed by atoms with E-state index >= 15 is 0 Å². The zero-order chi connectivity index (χ0) is 18.2. The number of aromatic nitrogens is 2. The van der Waals surface area contributed by atoms with E-state index in [9.17, 15) is 4.79 Å². The van der Waals surface area contributed by atoms with E-state index < -0.39 is 0 Å². The Bertz CT molecular complexity index is 749. The minimum absolute atomic E-state index is 0.0528. The lowest BCUT2D eigenvalue weighted by atomic mass is 9.89. The van der Waals surface area contributed by atoms with E-state index in [4.69, 9.17) is 5.10 Å². The van der Waals surface area contributed by atoms with Crippen molar-refractivity contribution in [1.82, 2.24) is 20.0 Å². The quantitative estimate of drug-likeness (QED) is 0.935. The number of rotatable bonds is 3. The van der Waals surface area contributed by atoms with Gasteiger partial charge in [0.1, 0.15) is 0 Å². The largest absolute Gasteiger partial charge is 0.337 e. The van der Waals surface area contributed by atoms with E-state index in [0.717, 1.165) is 30.9 Å². The molecule has 1 saturated heterocycles. The van der Waals surface area contributed by atoms with Gasteiger partial charge in [0.2, 0.25) is 0 Å². The van der Waals surface area contributed by atoms with E-state index in [1.54, 1.807) is 0 Å². The summed E-state index contributed by atoms with van der Waals surface area (Å²) >= 11 is 0. The molecule has 1 unspecified atom stereocenters. The van der Waals surface area contributed by atoms with E-state index in [2.05, 4.69) is 45.1 Å². The van der Waals surface area contributed by atoms with Crippen LogP contribution >= 0.6 is 0 Å². The van der Waals surface area contributed by atoms with Crippen LogP contribution in [0.5, 0.6) is 0 Å². The van der Waals surface area contributed by atoms with E-state index in [0.29, 0.717) is 5.56 Å². The molecule has 0 spiro atoms. The Balaban J connectivity index is 1.99. The molecule has 0 aliphatic carbocycles. The Morgan fingerprint density at radius 2 is 1.96 bits per heavy atom. The third-order valence-electron chi connectivity index (χ3n) is 4.86. The first-order chi connectivity index (χ1) is 11.8. The number of likely N-dealkylation sites (N-methyl/N-ethyl adjacent to an activating group) is 1. The summed E-state index contributed by atoms with van der Waals surface area (Å²) in [7, 11) is 1.90. The van der Waals surface area contributed by atoms with Gasteiger partial charge in [-0.25, -0.2) is 4.68 Å². The molecule has 1 aliphatic rings. The van der Waals surface area contributed by atoms with Crippen LogP contribution in [-0.4, -0.2) is 46.8 Å². The van der Waals surface area contributed by atoms with Crippen LogP contribution in [0.2, 0.25) is 0 Å². The number of nitrogens with one attached hydrogen (secondary N) is 1. The Morgan fingerprint density at radius 1 is 1.28 bits per heavy atom. The fourth-order valence-electron chi connectivity index (χ4n) is 3.24. The number of hydrogen-bond donors (Lipinski definition) is 1. The monoisotopic (exact) mass is 340 g/mol. The fourth-order valence-corrected chi connectivity index (χ4v) is 3.24. The molecule has 134 valence electrons. The molecule has 1 fully saturated rings. The normalized spacial score (nSPS) is 17.7. The van der Waals surface area contributed by atoms with Crippen molar-refractivity contribution in [3.63, 3.8) is 0 Å². The molecule has 1 atom stereocenters. The Kier molecular flexibility index (Phi) is 4.69. The molecule has 2 aromatic rings. The van der Waals surface area contributed by atoms with Crippen molar-refractivity contribution in [3.05, 3.63) is 47.3 Å². The van der Waals surface area contributed by atoms with Crippen LogP contribution in [0.3, 0.4) is 0 Å². The molecule has 2 heterocycles. The number of amides is 1. The summed E-state index contributed by atoms with van der Waals surface area (Å²) in [5.74, 6) is 0.0528. The first kappa shape index (κ1) is 17.7. The SMILES string of the molecule is Cc1ccc(-n2cc(C(=O)N(C)C3CCNC3)c(C(C)(C)C)n2)cc1.